The Balaban J connectivity index is 0. The van der Waals surface area contributed by atoms with Crippen molar-refractivity contribution in [1.29, 1.82) is 0 Å². The van der Waals surface area contributed by atoms with E-state index in [2.05, 4.69) is 6.92 Å². The van der Waals surface area contributed by atoms with Gasteiger partial charge in [0.15, 0.2) is 0 Å². The average Bonchev–Trinajstić information content (AvgIpc) is 2.59. The number of nitrogens with zero attached hydrogens (tertiary/aromatic N) is 1. The zero-order valence-electron chi connectivity index (χ0n) is 16.8. The number of hydrogen-bond acceptors (Lipinski definition) is 4. The Morgan fingerprint density at radius 2 is 1.50 bits per heavy atom. The molecule has 0 spiro atoms. The maximum absolute atomic E-state index is 12.2. The fraction of sp³-hybridized carbons (Fsp3) is 0.842. The minimum atomic E-state index is -1.13. The largest absolute Gasteiger partial charge is 0.480 e. The van der Waals surface area contributed by atoms with Crippen LogP contribution in [0.25, 0.3) is 0 Å². The van der Waals surface area contributed by atoms with Crippen LogP contribution in [0.3, 0.4) is 0 Å². The van der Waals surface area contributed by atoms with Crippen molar-refractivity contribution in [2.24, 2.45) is 5.73 Å². The topological polar surface area (TPSA) is 101 Å². The summed E-state index contributed by atoms with van der Waals surface area (Å²) in [6.07, 6.45) is 12.4. The minimum Gasteiger partial charge on any atom is -0.480 e. The molecule has 0 aromatic rings. The molecule has 0 aromatic heterocycles. The van der Waals surface area contributed by atoms with Gasteiger partial charge in [0, 0.05) is 36.0 Å². The number of carbonyl (C=O) groups excluding carboxylic acids is 2. The molecule has 3 N–H and O–H groups in total. The van der Waals surface area contributed by atoms with Gasteiger partial charge in [0.05, 0.1) is 0 Å². The molecule has 0 bridgehead atoms. The molecule has 0 unspecified atom stereocenters. The maximum atomic E-state index is 12.2. The summed E-state index contributed by atoms with van der Waals surface area (Å²) in [5.74, 6) is -1.53. The molecule has 26 heavy (non-hydrogen) atoms. The smallest absolute Gasteiger partial charge is 0.326 e. The molecule has 6 nitrogen and oxygen atoms in total. The number of carbonyl (C=O) groups is 3. The van der Waals surface area contributed by atoms with E-state index >= 15 is 0 Å². The Kier molecular flexibility index (Phi) is 20.7. The zero-order chi connectivity index (χ0) is 18.9. The van der Waals surface area contributed by atoms with Crippen molar-refractivity contribution in [3.8, 4) is 0 Å². The Bertz CT molecular complexity index is 381. The predicted octanol–water partition coefficient (Wildman–Crippen LogP) is 3.09. The van der Waals surface area contributed by atoms with Crippen LogP contribution in [0.1, 0.15) is 90.4 Å². The van der Waals surface area contributed by atoms with Crippen molar-refractivity contribution >= 4 is 47.8 Å². The van der Waals surface area contributed by atoms with Crippen molar-refractivity contribution in [3.63, 3.8) is 0 Å². The number of carboxylic acids is 1. The van der Waals surface area contributed by atoms with Gasteiger partial charge in [0.1, 0.15) is 6.04 Å². The Morgan fingerprint density at radius 3 is 1.96 bits per heavy atom. The fourth-order valence-corrected chi connectivity index (χ4v) is 2.89. The molecule has 7 heteroatoms. The summed E-state index contributed by atoms with van der Waals surface area (Å²) in [7, 11) is 0. The van der Waals surface area contributed by atoms with E-state index in [0.29, 0.717) is 32.2 Å². The fourth-order valence-electron chi connectivity index (χ4n) is 2.89. The SMILES string of the molecule is CCCCCCCCCCCC(=O)N(C=O)[C@@H](CCCCN)C(=O)O.[Na]. The quantitative estimate of drug-likeness (QED) is 0.230. The number of hydrogen-bond donors (Lipinski definition) is 2. The van der Waals surface area contributed by atoms with Gasteiger partial charge in [-0.1, -0.05) is 58.3 Å². The van der Waals surface area contributed by atoms with Crippen molar-refractivity contribution in [3.05, 3.63) is 0 Å². The van der Waals surface area contributed by atoms with E-state index in [1.165, 1.54) is 38.5 Å². The van der Waals surface area contributed by atoms with Gasteiger partial charge in [-0.3, -0.25) is 14.5 Å². The van der Waals surface area contributed by atoms with Crippen LogP contribution >= 0.6 is 0 Å². The van der Waals surface area contributed by atoms with E-state index in [9.17, 15) is 19.5 Å². The molecule has 0 aromatic carbocycles. The standard InChI is InChI=1S/C19H36N2O4.Na/c1-2-3-4-5-6-7-8-9-10-14-18(23)21(16-22)17(19(24)25)13-11-12-15-20;/h16-17H,2-15,20H2,1H3,(H,24,25);/t17-;/m0./s1. The van der Waals surface area contributed by atoms with Gasteiger partial charge in [0.25, 0.3) is 0 Å². The van der Waals surface area contributed by atoms with Crippen LogP contribution in [0.4, 0.5) is 0 Å². The van der Waals surface area contributed by atoms with Gasteiger partial charge in [-0.15, -0.1) is 0 Å². The molecular formula is C19H36N2NaO4. The third-order valence-electron chi connectivity index (χ3n) is 4.45. The van der Waals surface area contributed by atoms with Crippen LogP contribution in [0.2, 0.25) is 0 Å². The van der Waals surface area contributed by atoms with Crippen molar-refractivity contribution in [1.82, 2.24) is 4.90 Å². The first-order valence-corrected chi connectivity index (χ1v) is 9.77. The first-order valence-electron chi connectivity index (χ1n) is 9.77. The molecule has 1 atom stereocenters. The van der Waals surface area contributed by atoms with Crippen LogP contribution in [0.15, 0.2) is 0 Å². The van der Waals surface area contributed by atoms with E-state index in [0.717, 1.165) is 17.7 Å². The molecule has 0 aliphatic carbocycles. The summed E-state index contributed by atoms with van der Waals surface area (Å²) in [5, 5.41) is 9.27. The Labute approximate surface area is 180 Å². The molecule has 1 radical (unpaired) electrons. The summed E-state index contributed by atoms with van der Waals surface area (Å²) in [6, 6.07) is -1.07. The first kappa shape index (κ1) is 27.8. The van der Waals surface area contributed by atoms with Gasteiger partial charge < -0.3 is 10.8 Å². The number of nitrogens with two attached hydrogens (primary N) is 1. The van der Waals surface area contributed by atoms with Gasteiger partial charge in [-0.25, -0.2) is 4.79 Å². The van der Waals surface area contributed by atoms with Crippen molar-refractivity contribution in [2.45, 2.75) is 96.4 Å². The molecular weight excluding hydrogens is 343 g/mol. The molecule has 0 saturated carbocycles. The molecule has 0 heterocycles. The molecule has 0 aliphatic heterocycles. The first-order chi connectivity index (χ1) is 12.1. The van der Waals surface area contributed by atoms with E-state index in [1.54, 1.807) is 0 Å². The third kappa shape index (κ3) is 13.7. The number of unbranched alkanes of at least 4 members (excludes halogenated alkanes) is 9. The molecule has 2 amide bonds. The van der Waals surface area contributed by atoms with Crippen molar-refractivity contribution in [2.75, 3.05) is 6.54 Å². The number of carboxylic acid groups (broad SMARTS) is 1. The summed E-state index contributed by atoms with van der Waals surface area (Å²) in [5.41, 5.74) is 5.40. The van der Waals surface area contributed by atoms with Gasteiger partial charge >= 0.3 is 5.97 Å². The monoisotopic (exact) mass is 379 g/mol. The number of rotatable bonds is 17. The summed E-state index contributed by atoms with van der Waals surface area (Å²) < 4.78 is 0. The maximum Gasteiger partial charge on any atom is 0.326 e. The average molecular weight is 379 g/mol. The van der Waals surface area contributed by atoms with Gasteiger partial charge in [0.2, 0.25) is 12.3 Å². The molecule has 0 fully saturated rings. The zero-order valence-corrected chi connectivity index (χ0v) is 18.8. The van der Waals surface area contributed by atoms with E-state index in [4.69, 9.17) is 5.73 Å². The van der Waals surface area contributed by atoms with E-state index < -0.39 is 17.9 Å². The number of imide groups is 1. The van der Waals surface area contributed by atoms with Crippen LogP contribution in [-0.4, -0.2) is 70.4 Å². The molecule has 0 saturated heterocycles. The molecule has 0 aliphatic rings. The Morgan fingerprint density at radius 1 is 0.962 bits per heavy atom. The second-order valence-corrected chi connectivity index (χ2v) is 6.62. The summed E-state index contributed by atoms with van der Waals surface area (Å²) in [4.78, 5) is 35.6. The normalized spacial score (nSPS) is 11.5. The van der Waals surface area contributed by atoms with Crippen LogP contribution in [0.5, 0.6) is 0 Å². The molecule has 0 rings (SSSR count). The summed E-state index contributed by atoms with van der Waals surface area (Å²) >= 11 is 0. The third-order valence-corrected chi connectivity index (χ3v) is 4.45. The van der Waals surface area contributed by atoms with Gasteiger partial charge in [-0.05, 0) is 32.2 Å². The van der Waals surface area contributed by atoms with E-state index in [1.807, 2.05) is 0 Å². The van der Waals surface area contributed by atoms with Crippen LogP contribution in [-0.2, 0) is 14.4 Å². The Hall–Kier alpha value is -0.430. The summed E-state index contributed by atoms with van der Waals surface area (Å²) in [6.45, 7) is 2.67. The minimum absolute atomic E-state index is 0. The van der Waals surface area contributed by atoms with Crippen molar-refractivity contribution < 1.29 is 19.5 Å². The van der Waals surface area contributed by atoms with Crippen LogP contribution < -0.4 is 5.73 Å². The predicted molar refractivity (Wildman–Crippen MR) is 105 cm³/mol. The second-order valence-electron chi connectivity index (χ2n) is 6.62. The van der Waals surface area contributed by atoms with E-state index in [-0.39, 0.29) is 42.4 Å². The second kappa shape index (κ2) is 19.3. The number of amides is 2. The molecule has 147 valence electrons. The van der Waals surface area contributed by atoms with Crippen LogP contribution in [0, 0.1) is 0 Å². The number of aliphatic carboxylic acids is 1. The van der Waals surface area contributed by atoms with Gasteiger partial charge in [-0.2, -0.15) is 0 Å².